The second-order valence-electron chi connectivity index (χ2n) is 8.80. The average molecular weight is 472 g/mol. The molecule has 0 aliphatic rings. The van der Waals surface area contributed by atoms with Crippen LogP contribution in [0.25, 0.3) is 32.9 Å². The van der Waals surface area contributed by atoms with Gasteiger partial charge in [0, 0.05) is 42.3 Å². The number of nitrogens with zero attached hydrogens (tertiary/aromatic N) is 6. The quantitative estimate of drug-likeness (QED) is 0.365. The number of likely N-dealkylation sites (N-methyl/N-ethyl adjacent to an activating group) is 1. The number of aromatic nitrogens is 5. The molecule has 0 bridgehead atoms. The molecular formula is C26H26FN7O. The van der Waals surface area contributed by atoms with E-state index in [0.29, 0.717) is 34.5 Å². The first-order valence-corrected chi connectivity index (χ1v) is 11.3. The third kappa shape index (κ3) is 4.76. The van der Waals surface area contributed by atoms with Crippen LogP contribution in [0.1, 0.15) is 6.92 Å². The van der Waals surface area contributed by atoms with Gasteiger partial charge in [-0.3, -0.25) is 9.67 Å². The largest absolute Gasteiger partial charge is 0.459 e. The molecule has 0 amide bonds. The maximum absolute atomic E-state index is 15.3. The normalized spacial score (nSPS) is 12.4. The van der Waals surface area contributed by atoms with E-state index >= 15 is 4.39 Å². The van der Waals surface area contributed by atoms with E-state index in [1.165, 1.54) is 0 Å². The van der Waals surface area contributed by atoms with Crippen LogP contribution in [0.2, 0.25) is 0 Å². The van der Waals surface area contributed by atoms with Crippen molar-refractivity contribution in [1.82, 2.24) is 29.6 Å². The summed E-state index contributed by atoms with van der Waals surface area (Å²) < 4.78 is 23.1. The number of hydrogen-bond donors (Lipinski definition) is 1. The van der Waals surface area contributed by atoms with Gasteiger partial charge >= 0.3 is 6.01 Å². The lowest BCUT2D eigenvalue weighted by molar-refractivity contribution is 0.164. The van der Waals surface area contributed by atoms with E-state index in [0.717, 1.165) is 16.5 Å². The first-order valence-electron chi connectivity index (χ1n) is 11.3. The highest BCUT2D eigenvalue weighted by Crippen LogP contribution is 2.32. The summed E-state index contributed by atoms with van der Waals surface area (Å²) in [6.07, 6.45) is 5.25. The van der Waals surface area contributed by atoms with Crippen LogP contribution >= 0.6 is 0 Å². The van der Waals surface area contributed by atoms with E-state index < -0.39 is 5.82 Å². The zero-order valence-corrected chi connectivity index (χ0v) is 20.0. The van der Waals surface area contributed by atoms with Gasteiger partial charge in [-0.15, -0.1) is 0 Å². The molecule has 1 N–H and O–H groups in total. The molecule has 3 heterocycles. The minimum atomic E-state index is -0.391. The number of halogens is 1. The Morgan fingerprint density at radius 1 is 1.06 bits per heavy atom. The molecule has 0 fully saturated rings. The topological polar surface area (TPSA) is 81.0 Å². The van der Waals surface area contributed by atoms with Crippen molar-refractivity contribution in [2.75, 3.05) is 26.0 Å². The molecule has 0 aliphatic carbocycles. The van der Waals surface area contributed by atoms with E-state index in [1.54, 1.807) is 41.3 Å². The maximum Gasteiger partial charge on any atom is 0.319 e. The van der Waals surface area contributed by atoms with Gasteiger partial charge in [0.1, 0.15) is 11.9 Å². The summed E-state index contributed by atoms with van der Waals surface area (Å²) in [7, 11) is 5.83. The van der Waals surface area contributed by atoms with Crippen molar-refractivity contribution in [3.63, 3.8) is 0 Å². The summed E-state index contributed by atoms with van der Waals surface area (Å²) in [6.45, 7) is 2.66. The van der Waals surface area contributed by atoms with Crippen LogP contribution in [0, 0.1) is 5.82 Å². The minimum absolute atomic E-state index is 0.139. The summed E-state index contributed by atoms with van der Waals surface area (Å²) in [6, 6.07) is 13.0. The molecule has 0 spiro atoms. The maximum atomic E-state index is 15.3. The van der Waals surface area contributed by atoms with Crippen molar-refractivity contribution in [3.05, 3.63) is 66.9 Å². The number of aryl methyl sites for hydroxylation is 1. The van der Waals surface area contributed by atoms with Crippen LogP contribution in [0.4, 0.5) is 15.9 Å². The highest BCUT2D eigenvalue weighted by Gasteiger charge is 2.16. The Balaban J connectivity index is 1.59. The fraction of sp³-hybridized carbons (Fsp3) is 0.231. The van der Waals surface area contributed by atoms with Gasteiger partial charge in [0.25, 0.3) is 0 Å². The van der Waals surface area contributed by atoms with Crippen LogP contribution < -0.4 is 10.1 Å². The van der Waals surface area contributed by atoms with Gasteiger partial charge < -0.3 is 15.0 Å². The Morgan fingerprint density at radius 2 is 1.91 bits per heavy atom. The second kappa shape index (κ2) is 9.27. The Hall–Kier alpha value is -4.11. The Kier molecular flexibility index (Phi) is 6.00. The Labute approximate surface area is 202 Å². The average Bonchev–Trinajstić information content (AvgIpc) is 3.26. The molecule has 2 aromatic carbocycles. The van der Waals surface area contributed by atoms with Crippen molar-refractivity contribution in [1.29, 1.82) is 0 Å². The molecule has 9 heteroatoms. The van der Waals surface area contributed by atoms with Crippen LogP contribution in [0.5, 0.6) is 6.01 Å². The zero-order chi connectivity index (χ0) is 24.5. The molecule has 0 radical (unpaired) electrons. The Morgan fingerprint density at radius 3 is 2.69 bits per heavy atom. The number of nitrogens with one attached hydrogen (secondary N) is 1. The molecule has 1 atom stereocenters. The molecule has 8 nitrogen and oxygen atoms in total. The molecule has 0 saturated heterocycles. The van der Waals surface area contributed by atoms with Crippen molar-refractivity contribution in [2.45, 2.75) is 13.0 Å². The van der Waals surface area contributed by atoms with E-state index in [2.05, 4.69) is 25.4 Å². The predicted octanol–water partition coefficient (Wildman–Crippen LogP) is 4.79. The predicted molar refractivity (Wildman–Crippen MR) is 135 cm³/mol. The SMILES string of the molecule is CC(CN(C)C)Oc1nc(Nc2ccc3ncccc3c2F)c2ccc(-c3cnn(C)c3)cc2n1. The molecule has 3 aromatic heterocycles. The first-order chi connectivity index (χ1) is 16.9. The number of rotatable bonds is 7. The second-order valence-corrected chi connectivity index (χ2v) is 8.80. The first kappa shape index (κ1) is 22.7. The lowest BCUT2D eigenvalue weighted by atomic mass is 10.1. The van der Waals surface area contributed by atoms with E-state index in [9.17, 15) is 0 Å². The van der Waals surface area contributed by atoms with E-state index in [4.69, 9.17) is 4.74 Å². The van der Waals surface area contributed by atoms with Gasteiger partial charge in [-0.2, -0.15) is 15.1 Å². The molecule has 5 rings (SSSR count). The number of fused-ring (bicyclic) bond motifs is 2. The van der Waals surface area contributed by atoms with Crippen molar-refractivity contribution >= 4 is 33.3 Å². The summed E-state index contributed by atoms with van der Waals surface area (Å²) in [5.74, 6) is 0.0692. The van der Waals surface area contributed by atoms with Crippen LogP contribution in [0.15, 0.2) is 61.1 Å². The molecule has 5 aromatic rings. The smallest absolute Gasteiger partial charge is 0.319 e. The monoisotopic (exact) mass is 471 g/mol. The number of hydrogen-bond acceptors (Lipinski definition) is 7. The van der Waals surface area contributed by atoms with Gasteiger partial charge in [-0.05, 0) is 63.0 Å². The van der Waals surface area contributed by atoms with Gasteiger partial charge in [-0.1, -0.05) is 6.07 Å². The summed E-state index contributed by atoms with van der Waals surface area (Å²) in [4.78, 5) is 15.5. The Bertz CT molecular complexity index is 1510. The fourth-order valence-corrected chi connectivity index (χ4v) is 4.08. The highest BCUT2D eigenvalue weighted by molar-refractivity contribution is 5.94. The number of benzene rings is 2. The minimum Gasteiger partial charge on any atom is -0.459 e. The van der Waals surface area contributed by atoms with Gasteiger partial charge in [0.2, 0.25) is 0 Å². The molecular weight excluding hydrogens is 445 g/mol. The van der Waals surface area contributed by atoms with E-state index in [1.807, 2.05) is 57.4 Å². The van der Waals surface area contributed by atoms with Crippen LogP contribution in [0.3, 0.4) is 0 Å². The summed E-state index contributed by atoms with van der Waals surface area (Å²) >= 11 is 0. The lowest BCUT2D eigenvalue weighted by Crippen LogP contribution is -2.28. The number of pyridine rings is 1. The third-order valence-corrected chi connectivity index (χ3v) is 5.62. The molecule has 1 unspecified atom stereocenters. The van der Waals surface area contributed by atoms with Gasteiger partial charge in [-0.25, -0.2) is 4.39 Å². The number of ether oxygens (including phenoxy) is 1. The highest BCUT2D eigenvalue weighted by atomic mass is 19.1. The van der Waals surface area contributed by atoms with Crippen molar-refractivity contribution in [2.24, 2.45) is 7.05 Å². The molecule has 35 heavy (non-hydrogen) atoms. The van der Waals surface area contributed by atoms with Crippen molar-refractivity contribution < 1.29 is 9.13 Å². The molecule has 0 saturated carbocycles. The fourth-order valence-electron chi connectivity index (χ4n) is 4.08. The van der Waals surface area contributed by atoms with Gasteiger partial charge in [0.15, 0.2) is 5.82 Å². The van der Waals surface area contributed by atoms with Gasteiger partial charge in [0.05, 0.1) is 22.9 Å². The molecule has 0 aliphatic heterocycles. The number of anilines is 2. The summed E-state index contributed by atoms with van der Waals surface area (Å²) in [5.41, 5.74) is 3.50. The van der Waals surface area contributed by atoms with Crippen LogP contribution in [-0.4, -0.2) is 56.4 Å². The summed E-state index contributed by atoms with van der Waals surface area (Å²) in [5, 5.41) is 8.61. The van der Waals surface area contributed by atoms with Crippen LogP contribution in [-0.2, 0) is 7.05 Å². The molecule has 178 valence electrons. The zero-order valence-electron chi connectivity index (χ0n) is 20.0. The lowest BCUT2D eigenvalue weighted by Gasteiger charge is -2.19. The standard InChI is InChI=1S/C26H26FN7O/c1-16(14-33(2)3)35-26-31-23-12-17(18-13-29-34(4)15-18)7-8-20(23)25(32-26)30-22-10-9-21-19(24(22)27)6-5-11-28-21/h5-13,15-16H,14H2,1-4H3,(H,30,31,32). The van der Waals surface area contributed by atoms with Crippen molar-refractivity contribution in [3.8, 4) is 17.1 Å². The third-order valence-electron chi connectivity index (χ3n) is 5.62. The van der Waals surface area contributed by atoms with E-state index in [-0.39, 0.29) is 12.1 Å².